The predicted molar refractivity (Wildman–Crippen MR) is 90.9 cm³/mol. The molecular formula is C17H24N2OS. The molecule has 0 saturated carbocycles. The highest BCUT2D eigenvalue weighted by Crippen LogP contribution is 2.26. The van der Waals surface area contributed by atoms with Crippen LogP contribution < -0.4 is 5.32 Å². The van der Waals surface area contributed by atoms with Crippen molar-refractivity contribution in [3.8, 4) is 0 Å². The number of hydrogen-bond acceptors (Lipinski definition) is 4. The molecule has 1 aromatic heterocycles. The Morgan fingerprint density at radius 1 is 1.29 bits per heavy atom. The lowest BCUT2D eigenvalue weighted by Crippen LogP contribution is -2.19. The fraction of sp³-hybridized carbons (Fsp3) is 0.471. The molecule has 0 radical (unpaired) electrons. The van der Waals surface area contributed by atoms with E-state index in [4.69, 9.17) is 9.72 Å². The molecule has 0 saturated heterocycles. The minimum Gasteiger partial charge on any atom is -0.383 e. The van der Waals surface area contributed by atoms with E-state index in [1.807, 2.05) is 17.8 Å². The lowest BCUT2D eigenvalue weighted by atomic mass is 10.1. The van der Waals surface area contributed by atoms with Crippen molar-refractivity contribution in [3.05, 3.63) is 35.9 Å². The minimum atomic E-state index is 0.664. The number of thioether (sulfide) groups is 1. The largest absolute Gasteiger partial charge is 0.383 e. The van der Waals surface area contributed by atoms with Gasteiger partial charge in [-0.3, -0.25) is 0 Å². The molecule has 0 fully saturated rings. The number of aromatic nitrogens is 1. The van der Waals surface area contributed by atoms with Gasteiger partial charge in [0.15, 0.2) is 0 Å². The molecule has 1 aromatic carbocycles. The van der Waals surface area contributed by atoms with E-state index in [-0.39, 0.29) is 0 Å². The van der Waals surface area contributed by atoms with Gasteiger partial charge in [-0.15, -0.1) is 11.8 Å². The molecule has 4 heteroatoms. The molecule has 0 amide bonds. The third-order valence-electron chi connectivity index (χ3n) is 3.11. The van der Waals surface area contributed by atoms with Gasteiger partial charge < -0.3 is 10.1 Å². The summed E-state index contributed by atoms with van der Waals surface area (Å²) in [6, 6.07) is 10.6. The van der Waals surface area contributed by atoms with Crippen molar-refractivity contribution in [2.45, 2.75) is 25.4 Å². The van der Waals surface area contributed by atoms with Gasteiger partial charge >= 0.3 is 0 Å². The molecule has 114 valence electrons. The second-order valence-electron chi connectivity index (χ2n) is 5.52. The zero-order valence-electron chi connectivity index (χ0n) is 13.1. The molecule has 0 atom stereocenters. The first kappa shape index (κ1) is 16.3. The molecule has 2 aromatic rings. The van der Waals surface area contributed by atoms with Crippen LogP contribution in [0.15, 0.2) is 35.4 Å². The van der Waals surface area contributed by atoms with E-state index >= 15 is 0 Å². The van der Waals surface area contributed by atoms with Crippen LogP contribution in [-0.2, 0) is 11.3 Å². The van der Waals surface area contributed by atoms with E-state index in [9.17, 15) is 0 Å². The summed E-state index contributed by atoms with van der Waals surface area (Å²) in [5.74, 6) is 1.76. The normalized spacial score (nSPS) is 11.4. The summed E-state index contributed by atoms with van der Waals surface area (Å²) < 4.78 is 5.08. The van der Waals surface area contributed by atoms with Crippen LogP contribution in [0.1, 0.15) is 19.4 Å². The van der Waals surface area contributed by atoms with Crippen LogP contribution in [-0.4, -0.2) is 31.0 Å². The zero-order valence-corrected chi connectivity index (χ0v) is 13.9. The highest BCUT2D eigenvalue weighted by Gasteiger charge is 2.08. The standard InChI is InChI=1S/C17H24N2OS/c1-13(2)12-21-17-15(11-18-8-9-20-3)10-14-6-4-5-7-16(14)19-17/h4-7,10,13,18H,8-9,11-12H2,1-3H3. The maximum Gasteiger partial charge on any atom is 0.101 e. The summed E-state index contributed by atoms with van der Waals surface area (Å²) in [6.45, 7) is 6.91. The van der Waals surface area contributed by atoms with Crippen molar-refractivity contribution in [2.75, 3.05) is 26.0 Å². The Labute approximate surface area is 131 Å². The van der Waals surface area contributed by atoms with Crippen LogP contribution >= 0.6 is 11.8 Å². The molecule has 0 bridgehead atoms. The van der Waals surface area contributed by atoms with Crippen LogP contribution in [0.2, 0.25) is 0 Å². The summed E-state index contributed by atoms with van der Waals surface area (Å²) in [6.07, 6.45) is 0. The molecule has 0 aliphatic carbocycles. The van der Waals surface area contributed by atoms with Gasteiger partial charge in [0.05, 0.1) is 12.1 Å². The third-order valence-corrected chi connectivity index (χ3v) is 4.58. The molecule has 2 rings (SSSR count). The fourth-order valence-electron chi connectivity index (χ4n) is 2.04. The van der Waals surface area contributed by atoms with Crippen LogP contribution in [0.3, 0.4) is 0 Å². The van der Waals surface area contributed by atoms with Gasteiger partial charge in [0.2, 0.25) is 0 Å². The Kier molecular flexibility index (Phi) is 6.49. The van der Waals surface area contributed by atoms with Crippen molar-refractivity contribution in [2.24, 2.45) is 5.92 Å². The van der Waals surface area contributed by atoms with E-state index in [1.54, 1.807) is 7.11 Å². The molecule has 21 heavy (non-hydrogen) atoms. The predicted octanol–water partition coefficient (Wildman–Crippen LogP) is 3.72. The Morgan fingerprint density at radius 3 is 2.86 bits per heavy atom. The van der Waals surface area contributed by atoms with Crippen LogP contribution in [0.25, 0.3) is 10.9 Å². The van der Waals surface area contributed by atoms with Gasteiger partial charge in [-0.25, -0.2) is 4.98 Å². The van der Waals surface area contributed by atoms with Crippen LogP contribution in [0.5, 0.6) is 0 Å². The monoisotopic (exact) mass is 304 g/mol. The van der Waals surface area contributed by atoms with Crippen molar-refractivity contribution < 1.29 is 4.74 Å². The lowest BCUT2D eigenvalue weighted by molar-refractivity contribution is 0.199. The number of rotatable bonds is 8. The van der Waals surface area contributed by atoms with Crippen molar-refractivity contribution in [1.82, 2.24) is 10.3 Å². The molecule has 0 spiro atoms. The Hall–Kier alpha value is -1.10. The number of ether oxygens (including phenoxy) is 1. The van der Waals surface area contributed by atoms with Gasteiger partial charge in [0.25, 0.3) is 0 Å². The van der Waals surface area contributed by atoms with Gasteiger partial charge in [-0.1, -0.05) is 32.0 Å². The smallest absolute Gasteiger partial charge is 0.101 e. The Bertz CT molecular complexity index is 572. The summed E-state index contributed by atoms with van der Waals surface area (Å²) >= 11 is 1.85. The van der Waals surface area contributed by atoms with E-state index in [0.29, 0.717) is 5.92 Å². The zero-order chi connectivity index (χ0) is 15.1. The average Bonchev–Trinajstić information content (AvgIpc) is 2.49. The van der Waals surface area contributed by atoms with Crippen molar-refractivity contribution in [3.63, 3.8) is 0 Å². The van der Waals surface area contributed by atoms with E-state index in [0.717, 1.165) is 36.0 Å². The minimum absolute atomic E-state index is 0.664. The summed E-state index contributed by atoms with van der Waals surface area (Å²) in [5.41, 5.74) is 2.35. The van der Waals surface area contributed by atoms with E-state index < -0.39 is 0 Å². The average molecular weight is 304 g/mol. The highest BCUT2D eigenvalue weighted by atomic mass is 32.2. The number of nitrogens with zero attached hydrogens (tertiary/aromatic N) is 1. The quantitative estimate of drug-likeness (QED) is 0.595. The highest BCUT2D eigenvalue weighted by molar-refractivity contribution is 7.99. The lowest BCUT2D eigenvalue weighted by Gasteiger charge is -2.12. The molecule has 0 aliphatic heterocycles. The van der Waals surface area contributed by atoms with Gasteiger partial charge in [0, 0.05) is 31.3 Å². The summed E-state index contributed by atoms with van der Waals surface area (Å²) in [5, 5.41) is 5.77. The van der Waals surface area contributed by atoms with Gasteiger partial charge in [0.1, 0.15) is 5.03 Å². The second-order valence-corrected chi connectivity index (χ2v) is 6.53. The molecular weight excluding hydrogens is 280 g/mol. The molecule has 1 heterocycles. The fourth-order valence-corrected chi connectivity index (χ4v) is 3.01. The molecule has 0 aliphatic rings. The summed E-state index contributed by atoms with van der Waals surface area (Å²) in [4.78, 5) is 4.84. The number of benzene rings is 1. The van der Waals surface area contributed by atoms with E-state index in [2.05, 4.69) is 43.4 Å². The number of para-hydroxylation sites is 1. The second kappa shape index (κ2) is 8.37. The maximum absolute atomic E-state index is 5.08. The number of nitrogens with one attached hydrogen (secondary N) is 1. The first-order valence-corrected chi connectivity index (χ1v) is 8.40. The van der Waals surface area contributed by atoms with E-state index in [1.165, 1.54) is 10.9 Å². The SMILES string of the molecule is COCCNCc1cc2ccccc2nc1SCC(C)C. The third kappa shape index (κ3) is 4.99. The molecule has 3 nitrogen and oxygen atoms in total. The summed E-state index contributed by atoms with van der Waals surface area (Å²) in [7, 11) is 1.73. The number of fused-ring (bicyclic) bond motifs is 1. The van der Waals surface area contributed by atoms with Crippen molar-refractivity contribution in [1.29, 1.82) is 0 Å². The maximum atomic E-state index is 5.08. The number of hydrogen-bond donors (Lipinski definition) is 1. The molecule has 1 N–H and O–H groups in total. The molecule has 0 unspecified atom stereocenters. The van der Waals surface area contributed by atoms with Crippen molar-refractivity contribution >= 4 is 22.7 Å². The van der Waals surface area contributed by atoms with Crippen LogP contribution in [0.4, 0.5) is 0 Å². The Balaban J connectivity index is 2.18. The Morgan fingerprint density at radius 2 is 2.10 bits per heavy atom. The topological polar surface area (TPSA) is 34.1 Å². The first-order valence-electron chi connectivity index (χ1n) is 7.42. The van der Waals surface area contributed by atoms with Gasteiger partial charge in [-0.05, 0) is 23.6 Å². The number of methoxy groups -OCH3 is 1. The first-order chi connectivity index (χ1) is 10.2. The van der Waals surface area contributed by atoms with Gasteiger partial charge in [-0.2, -0.15) is 0 Å². The number of pyridine rings is 1. The van der Waals surface area contributed by atoms with Crippen LogP contribution in [0, 0.1) is 5.92 Å².